The maximum atomic E-state index is 13.8. The molecule has 8 N–H and O–H groups in total. The third-order valence-corrected chi connectivity index (χ3v) is 11.5. The first-order valence-corrected chi connectivity index (χ1v) is 27.1. The van der Waals surface area contributed by atoms with Crippen molar-refractivity contribution in [3.05, 3.63) is 178 Å². The van der Waals surface area contributed by atoms with Gasteiger partial charge in [-0.2, -0.15) is 0 Å². The average Bonchev–Trinajstić information content (AvgIpc) is 3.63. The molecule has 6 aromatic carbocycles. The number of nitrogens with one attached hydrogen (secondary N) is 8. The largest absolute Gasteiger partial charge is 0.492 e. The zero-order chi connectivity index (χ0) is 60.7. The minimum atomic E-state index is -0.861. The van der Waals surface area contributed by atoms with Crippen molar-refractivity contribution in [1.29, 1.82) is 0 Å². The van der Waals surface area contributed by atoms with E-state index in [-0.39, 0.29) is 92.9 Å². The number of carbonyl (C=O) groups excluding carboxylic acids is 8. The maximum absolute atomic E-state index is 13.8. The molecule has 6 aromatic rings. The molecule has 0 spiro atoms. The Kier molecular flexibility index (Phi) is 23.4. The van der Waals surface area contributed by atoms with Crippen molar-refractivity contribution in [2.45, 2.75) is 55.4 Å². The van der Waals surface area contributed by atoms with E-state index in [0.29, 0.717) is 49.4 Å². The Balaban J connectivity index is 1.21. The molecule has 0 heterocycles. The standard InChI is InChI=1S/C62H70N8O14/c1-37(2)33-81-51-21-13-9-17-47(51)59(75)67-63-55(71)41-27-42(56(72)64-68-60(76)48-18-10-14-22-52(48)82-34-38(3)4)30-45(29-41)79-25-26-80-46-31-43(57(73)65-69-61(77)49-19-11-15-23-53(49)83-35-39(5)6)28-44(32-46)58(74)66-70-62(78)50-20-12-16-24-54(50)84-36-40(7)8/h9-24,27-32,37-40H,25-26,33-36H2,1-8H3,(H,63,71)(H,64,72)(H,65,73)(H,66,74)(H,67,75)(H,68,76)(H,69,77)(H,70,78). The summed E-state index contributed by atoms with van der Waals surface area (Å²) in [5, 5.41) is 0. The lowest BCUT2D eigenvalue weighted by atomic mass is 10.1. The Labute approximate surface area is 486 Å². The molecule has 0 aliphatic rings. The van der Waals surface area contributed by atoms with Crippen LogP contribution in [0.25, 0.3) is 0 Å². The van der Waals surface area contributed by atoms with E-state index in [1.54, 1.807) is 72.8 Å². The molecule has 0 fully saturated rings. The number of benzene rings is 6. The molecule has 0 atom stereocenters. The van der Waals surface area contributed by atoms with Gasteiger partial charge in [0.15, 0.2) is 0 Å². The molecule has 0 radical (unpaired) electrons. The lowest BCUT2D eigenvalue weighted by Crippen LogP contribution is -2.42. The van der Waals surface area contributed by atoms with E-state index in [4.69, 9.17) is 28.4 Å². The average molecular weight is 1150 g/mol. The van der Waals surface area contributed by atoms with Gasteiger partial charge in [0.2, 0.25) is 0 Å². The van der Waals surface area contributed by atoms with E-state index < -0.39 is 47.3 Å². The van der Waals surface area contributed by atoms with Gasteiger partial charge in [-0.25, -0.2) is 0 Å². The molecule has 22 nitrogen and oxygen atoms in total. The number of amides is 8. The van der Waals surface area contributed by atoms with Gasteiger partial charge < -0.3 is 28.4 Å². The quantitative estimate of drug-likeness (QED) is 0.0203. The normalized spacial score (nSPS) is 10.8. The van der Waals surface area contributed by atoms with Crippen LogP contribution in [0.3, 0.4) is 0 Å². The summed E-state index contributed by atoms with van der Waals surface area (Å²) in [7, 11) is 0. The van der Waals surface area contributed by atoms with Crippen molar-refractivity contribution < 1.29 is 66.8 Å². The number of carbonyl (C=O) groups is 8. The van der Waals surface area contributed by atoms with Gasteiger partial charge in [0.25, 0.3) is 47.3 Å². The third-order valence-electron chi connectivity index (χ3n) is 11.5. The van der Waals surface area contributed by atoms with Crippen molar-refractivity contribution in [3.8, 4) is 34.5 Å². The Hall–Kier alpha value is -10.1. The van der Waals surface area contributed by atoms with Gasteiger partial charge in [-0.3, -0.25) is 81.8 Å². The van der Waals surface area contributed by atoms with Crippen molar-refractivity contribution >= 4 is 47.3 Å². The number of para-hydroxylation sites is 4. The predicted octanol–water partition coefficient (Wildman–Crippen LogP) is 7.58. The van der Waals surface area contributed by atoms with Crippen LogP contribution in [0, 0.1) is 23.7 Å². The molecule has 0 saturated carbocycles. The van der Waals surface area contributed by atoms with E-state index in [9.17, 15) is 38.4 Å². The van der Waals surface area contributed by atoms with E-state index in [0.717, 1.165) is 0 Å². The number of rotatable bonds is 25. The van der Waals surface area contributed by atoms with Crippen LogP contribution in [-0.4, -0.2) is 86.9 Å². The summed E-state index contributed by atoms with van der Waals surface area (Å²) in [5.41, 5.74) is 18.9. The Bertz CT molecular complexity index is 2890. The molecule has 84 heavy (non-hydrogen) atoms. The summed E-state index contributed by atoms with van der Waals surface area (Å²) in [4.78, 5) is 108. The van der Waals surface area contributed by atoms with Crippen molar-refractivity contribution in [3.63, 3.8) is 0 Å². The summed E-state index contributed by atoms with van der Waals surface area (Å²) in [6.07, 6.45) is 0. The smallest absolute Gasteiger partial charge is 0.273 e. The van der Waals surface area contributed by atoms with Crippen molar-refractivity contribution in [2.75, 3.05) is 39.6 Å². The topological polar surface area (TPSA) is 288 Å². The number of hydrogen-bond donors (Lipinski definition) is 8. The molecular formula is C62H70N8O14. The van der Waals surface area contributed by atoms with Gasteiger partial charge in [-0.1, -0.05) is 104 Å². The zero-order valence-electron chi connectivity index (χ0n) is 48.0. The van der Waals surface area contributed by atoms with Crippen LogP contribution in [0.1, 0.15) is 138 Å². The Morgan fingerprint density at radius 3 is 0.702 bits per heavy atom. The second kappa shape index (κ2) is 31.2. The molecule has 0 saturated heterocycles. The van der Waals surface area contributed by atoms with Gasteiger partial charge in [0, 0.05) is 22.3 Å². The maximum Gasteiger partial charge on any atom is 0.273 e. The SMILES string of the molecule is CC(C)COc1ccccc1C(=O)NNC(=O)c1cc(OCCOc2cc(C(=O)NNC(=O)c3ccccc3OCC(C)C)cc(C(=O)NNC(=O)c3ccccc3OCC(C)C)c2)cc(C(=O)NNC(=O)c2ccccc2OCC(C)C)c1. The fraction of sp³-hybridized carbons (Fsp3) is 0.290. The third kappa shape index (κ3) is 19.3. The van der Waals surface area contributed by atoms with E-state index in [1.807, 2.05) is 55.4 Å². The zero-order valence-corrected chi connectivity index (χ0v) is 48.0. The summed E-state index contributed by atoms with van der Waals surface area (Å²) >= 11 is 0. The fourth-order valence-electron chi connectivity index (χ4n) is 7.37. The van der Waals surface area contributed by atoms with Gasteiger partial charge >= 0.3 is 0 Å². The first-order valence-electron chi connectivity index (χ1n) is 27.1. The molecule has 0 unspecified atom stereocenters. The lowest BCUT2D eigenvalue weighted by molar-refractivity contribution is 0.0839. The highest BCUT2D eigenvalue weighted by Gasteiger charge is 2.22. The highest BCUT2D eigenvalue weighted by molar-refractivity contribution is 6.05. The Morgan fingerprint density at radius 1 is 0.286 bits per heavy atom. The lowest BCUT2D eigenvalue weighted by Gasteiger charge is -2.16. The van der Waals surface area contributed by atoms with E-state index >= 15 is 0 Å². The van der Waals surface area contributed by atoms with E-state index in [2.05, 4.69) is 43.4 Å². The highest BCUT2D eigenvalue weighted by Crippen LogP contribution is 2.24. The van der Waals surface area contributed by atoms with Crippen LogP contribution in [0.4, 0.5) is 0 Å². The molecule has 8 amide bonds. The molecule has 0 bridgehead atoms. The molecular weight excluding hydrogens is 1080 g/mol. The van der Waals surface area contributed by atoms with Gasteiger partial charge in [-0.15, -0.1) is 0 Å². The van der Waals surface area contributed by atoms with Crippen LogP contribution < -0.4 is 71.8 Å². The summed E-state index contributed by atoms with van der Waals surface area (Å²) in [6.45, 7) is 16.4. The van der Waals surface area contributed by atoms with Crippen LogP contribution in [0.15, 0.2) is 133 Å². The second-order valence-corrected chi connectivity index (χ2v) is 20.6. The van der Waals surface area contributed by atoms with Gasteiger partial charge in [-0.05, 0) is 109 Å². The van der Waals surface area contributed by atoms with E-state index in [1.165, 1.54) is 60.7 Å². The van der Waals surface area contributed by atoms with Crippen LogP contribution in [-0.2, 0) is 0 Å². The highest BCUT2D eigenvalue weighted by atomic mass is 16.5. The second-order valence-electron chi connectivity index (χ2n) is 20.6. The minimum Gasteiger partial charge on any atom is -0.492 e. The van der Waals surface area contributed by atoms with Crippen LogP contribution in [0.2, 0.25) is 0 Å². The van der Waals surface area contributed by atoms with Gasteiger partial charge in [0.1, 0.15) is 47.7 Å². The van der Waals surface area contributed by atoms with Gasteiger partial charge in [0.05, 0.1) is 48.7 Å². The minimum absolute atomic E-state index is 0.0408. The fourth-order valence-corrected chi connectivity index (χ4v) is 7.37. The number of ether oxygens (including phenoxy) is 6. The molecule has 0 aliphatic carbocycles. The Morgan fingerprint density at radius 2 is 0.488 bits per heavy atom. The predicted molar refractivity (Wildman–Crippen MR) is 311 cm³/mol. The molecule has 22 heteroatoms. The molecule has 0 aromatic heterocycles. The van der Waals surface area contributed by atoms with Crippen molar-refractivity contribution in [1.82, 2.24) is 43.4 Å². The molecule has 6 rings (SSSR count). The first kappa shape index (κ1) is 63.1. The first-order chi connectivity index (χ1) is 40.3. The number of hydrazine groups is 4. The molecule has 0 aliphatic heterocycles. The molecule has 442 valence electrons. The summed E-state index contributed by atoms with van der Waals surface area (Å²) in [5.74, 6) is -4.45. The monoisotopic (exact) mass is 1150 g/mol. The summed E-state index contributed by atoms with van der Waals surface area (Å²) in [6, 6.07) is 33.5. The van der Waals surface area contributed by atoms with Crippen LogP contribution >= 0.6 is 0 Å². The van der Waals surface area contributed by atoms with Crippen LogP contribution in [0.5, 0.6) is 34.5 Å². The summed E-state index contributed by atoms with van der Waals surface area (Å²) < 4.78 is 35.3. The van der Waals surface area contributed by atoms with Crippen molar-refractivity contribution in [2.24, 2.45) is 23.7 Å². The number of hydrogen-bond acceptors (Lipinski definition) is 14.